The van der Waals surface area contributed by atoms with E-state index < -0.39 is 0 Å². The van der Waals surface area contributed by atoms with Crippen molar-refractivity contribution in [2.24, 2.45) is 0 Å². The molecule has 1 fully saturated rings. The minimum atomic E-state index is -0.111. The third-order valence-electron chi connectivity index (χ3n) is 3.23. The number of H-pyrrole nitrogens is 1. The maximum Gasteiger partial charge on any atom is 0.223 e. The maximum absolute atomic E-state index is 12.2. The van der Waals surface area contributed by atoms with E-state index >= 15 is 0 Å². The molecule has 0 spiro atoms. The average molecular weight is 265 g/mol. The molecule has 104 valence electrons. The molecule has 0 aromatic carbocycles. The summed E-state index contributed by atoms with van der Waals surface area (Å²) < 4.78 is 5.35. The Bertz CT molecular complexity index is 430. The summed E-state index contributed by atoms with van der Waals surface area (Å²) in [5.41, 5.74) is 0.949. The van der Waals surface area contributed by atoms with E-state index in [4.69, 9.17) is 4.74 Å². The number of carbonyl (C=O) groups excluding carboxylic acids is 2. The lowest BCUT2D eigenvalue weighted by molar-refractivity contribution is -0.141. The standard InChI is InChI=1S/C13H19N3O3/c1-10(17)6-12-8-19-5-4-16(12)13(18)3-2-11-7-14-9-15-11/h7,9,12H,2-6,8H2,1H3,(H,14,15). The minimum Gasteiger partial charge on any atom is -0.377 e. The van der Waals surface area contributed by atoms with Crippen LogP contribution in [0.2, 0.25) is 0 Å². The van der Waals surface area contributed by atoms with Crippen LogP contribution in [0.4, 0.5) is 0 Å². The number of amides is 1. The zero-order valence-corrected chi connectivity index (χ0v) is 11.1. The molecule has 1 atom stereocenters. The number of carbonyl (C=O) groups is 2. The molecular weight excluding hydrogens is 246 g/mol. The fourth-order valence-electron chi connectivity index (χ4n) is 2.29. The van der Waals surface area contributed by atoms with Gasteiger partial charge in [-0.1, -0.05) is 0 Å². The number of nitrogens with zero attached hydrogens (tertiary/aromatic N) is 2. The lowest BCUT2D eigenvalue weighted by Crippen LogP contribution is -2.49. The van der Waals surface area contributed by atoms with Crippen LogP contribution in [0.15, 0.2) is 12.5 Å². The SMILES string of the molecule is CC(=O)CC1COCCN1C(=O)CCc1cnc[nH]1. The molecule has 1 saturated heterocycles. The third-order valence-corrected chi connectivity index (χ3v) is 3.23. The molecule has 1 aliphatic rings. The van der Waals surface area contributed by atoms with Gasteiger partial charge in [0.05, 0.1) is 25.6 Å². The molecule has 19 heavy (non-hydrogen) atoms. The Morgan fingerprint density at radius 2 is 2.42 bits per heavy atom. The highest BCUT2D eigenvalue weighted by molar-refractivity contribution is 5.80. The molecule has 0 bridgehead atoms. The van der Waals surface area contributed by atoms with Crippen LogP contribution in [0.3, 0.4) is 0 Å². The number of aromatic nitrogens is 2. The van der Waals surface area contributed by atoms with E-state index in [1.54, 1.807) is 24.3 Å². The third kappa shape index (κ3) is 3.89. The summed E-state index contributed by atoms with van der Waals surface area (Å²) in [6.07, 6.45) is 4.77. The normalized spacial score (nSPS) is 19.4. The van der Waals surface area contributed by atoms with Gasteiger partial charge in [0.1, 0.15) is 5.78 Å². The van der Waals surface area contributed by atoms with Gasteiger partial charge in [-0.15, -0.1) is 0 Å². The maximum atomic E-state index is 12.2. The van der Waals surface area contributed by atoms with Gasteiger partial charge in [-0.3, -0.25) is 9.59 Å². The second-order valence-corrected chi connectivity index (χ2v) is 4.80. The van der Waals surface area contributed by atoms with Crippen LogP contribution in [0.1, 0.15) is 25.5 Å². The number of hydrogen-bond acceptors (Lipinski definition) is 4. The first-order valence-electron chi connectivity index (χ1n) is 6.50. The molecule has 2 heterocycles. The van der Waals surface area contributed by atoms with Gasteiger partial charge in [-0.25, -0.2) is 4.98 Å². The molecule has 6 heteroatoms. The molecule has 1 aliphatic heterocycles. The van der Waals surface area contributed by atoms with Gasteiger partial charge in [-0.05, 0) is 13.3 Å². The Labute approximate surface area is 112 Å². The molecule has 0 saturated carbocycles. The fourth-order valence-corrected chi connectivity index (χ4v) is 2.29. The Balaban J connectivity index is 1.89. The van der Waals surface area contributed by atoms with Crippen molar-refractivity contribution in [3.05, 3.63) is 18.2 Å². The van der Waals surface area contributed by atoms with Crippen LogP contribution in [0.5, 0.6) is 0 Å². The van der Waals surface area contributed by atoms with E-state index in [9.17, 15) is 9.59 Å². The van der Waals surface area contributed by atoms with E-state index in [0.29, 0.717) is 39.0 Å². The first-order chi connectivity index (χ1) is 9.16. The van der Waals surface area contributed by atoms with Crippen molar-refractivity contribution in [1.82, 2.24) is 14.9 Å². The number of imidazole rings is 1. The monoisotopic (exact) mass is 265 g/mol. The highest BCUT2D eigenvalue weighted by atomic mass is 16.5. The van der Waals surface area contributed by atoms with Crippen LogP contribution in [0.25, 0.3) is 0 Å². The first kappa shape index (κ1) is 13.7. The lowest BCUT2D eigenvalue weighted by atomic mass is 10.1. The number of Topliss-reactive ketones (excluding diaryl/α,β-unsaturated/α-hetero) is 1. The van der Waals surface area contributed by atoms with Crippen molar-refractivity contribution < 1.29 is 14.3 Å². The summed E-state index contributed by atoms with van der Waals surface area (Å²) in [5, 5.41) is 0. The summed E-state index contributed by atoms with van der Waals surface area (Å²) in [6.45, 7) is 3.11. The molecule has 2 rings (SSSR count). The average Bonchev–Trinajstić information content (AvgIpc) is 2.89. The van der Waals surface area contributed by atoms with Crippen LogP contribution < -0.4 is 0 Å². The molecule has 0 radical (unpaired) electrons. The molecule has 0 aliphatic carbocycles. The number of aromatic amines is 1. The van der Waals surface area contributed by atoms with Gasteiger partial charge in [0.15, 0.2) is 0 Å². The Hall–Kier alpha value is -1.69. The number of rotatable bonds is 5. The number of ether oxygens (including phenoxy) is 1. The van der Waals surface area contributed by atoms with Crippen molar-refractivity contribution in [3.63, 3.8) is 0 Å². The Morgan fingerprint density at radius 3 is 3.11 bits per heavy atom. The second-order valence-electron chi connectivity index (χ2n) is 4.80. The molecule has 1 aromatic heterocycles. The molecule has 6 nitrogen and oxygen atoms in total. The molecule has 1 N–H and O–H groups in total. The van der Waals surface area contributed by atoms with Crippen molar-refractivity contribution in [3.8, 4) is 0 Å². The van der Waals surface area contributed by atoms with Crippen LogP contribution in [0, 0.1) is 0 Å². The molecule has 1 aromatic rings. The zero-order chi connectivity index (χ0) is 13.7. The quantitative estimate of drug-likeness (QED) is 0.843. The molecular formula is C13H19N3O3. The van der Waals surface area contributed by atoms with Crippen LogP contribution >= 0.6 is 0 Å². The summed E-state index contributed by atoms with van der Waals surface area (Å²) in [5.74, 6) is 0.158. The van der Waals surface area contributed by atoms with E-state index in [2.05, 4.69) is 9.97 Å². The summed E-state index contributed by atoms with van der Waals surface area (Å²) in [4.78, 5) is 32.1. The van der Waals surface area contributed by atoms with E-state index in [1.165, 1.54) is 0 Å². The molecule has 1 unspecified atom stereocenters. The summed E-state index contributed by atoms with van der Waals surface area (Å²) in [6, 6.07) is -0.111. The number of nitrogens with one attached hydrogen (secondary N) is 1. The fraction of sp³-hybridized carbons (Fsp3) is 0.615. The predicted octanol–water partition coefficient (Wildman–Crippen LogP) is 0.549. The van der Waals surface area contributed by atoms with Gasteiger partial charge in [0, 0.05) is 31.3 Å². The number of hydrogen-bond donors (Lipinski definition) is 1. The van der Waals surface area contributed by atoms with Crippen molar-refractivity contribution >= 4 is 11.7 Å². The summed E-state index contributed by atoms with van der Waals surface area (Å²) in [7, 11) is 0. The number of morpholine rings is 1. The van der Waals surface area contributed by atoms with Gasteiger partial charge in [0.25, 0.3) is 0 Å². The van der Waals surface area contributed by atoms with Gasteiger partial charge < -0.3 is 14.6 Å². The smallest absolute Gasteiger partial charge is 0.223 e. The molecule has 1 amide bonds. The second kappa shape index (κ2) is 6.47. The van der Waals surface area contributed by atoms with Gasteiger partial charge in [-0.2, -0.15) is 0 Å². The van der Waals surface area contributed by atoms with E-state index in [0.717, 1.165) is 5.69 Å². The Kier molecular flexibility index (Phi) is 4.68. The lowest BCUT2D eigenvalue weighted by Gasteiger charge is -2.35. The number of aryl methyl sites for hydroxylation is 1. The zero-order valence-electron chi connectivity index (χ0n) is 11.1. The van der Waals surface area contributed by atoms with E-state index in [1.807, 2.05) is 0 Å². The highest BCUT2D eigenvalue weighted by Gasteiger charge is 2.27. The topological polar surface area (TPSA) is 75.3 Å². The summed E-state index contributed by atoms with van der Waals surface area (Å²) >= 11 is 0. The van der Waals surface area contributed by atoms with Crippen molar-refractivity contribution in [1.29, 1.82) is 0 Å². The number of ketones is 1. The minimum absolute atomic E-state index is 0.0733. The van der Waals surface area contributed by atoms with Crippen LogP contribution in [-0.2, 0) is 20.7 Å². The largest absolute Gasteiger partial charge is 0.377 e. The van der Waals surface area contributed by atoms with Gasteiger partial charge >= 0.3 is 0 Å². The Morgan fingerprint density at radius 1 is 1.58 bits per heavy atom. The highest BCUT2D eigenvalue weighted by Crippen LogP contribution is 2.13. The van der Waals surface area contributed by atoms with Crippen LogP contribution in [-0.4, -0.2) is 52.4 Å². The first-order valence-corrected chi connectivity index (χ1v) is 6.50. The van der Waals surface area contributed by atoms with Crippen molar-refractivity contribution in [2.45, 2.75) is 32.2 Å². The van der Waals surface area contributed by atoms with E-state index in [-0.39, 0.29) is 17.7 Å². The van der Waals surface area contributed by atoms with Gasteiger partial charge in [0.2, 0.25) is 5.91 Å². The van der Waals surface area contributed by atoms with Crippen molar-refractivity contribution in [2.75, 3.05) is 19.8 Å². The predicted molar refractivity (Wildman–Crippen MR) is 68.5 cm³/mol.